The Kier molecular flexibility index (Phi) is 3.56. The summed E-state index contributed by atoms with van der Waals surface area (Å²) in [6.45, 7) is 17.7. The van der Waals surface area contributed by atoms with Gasteiger partial charge in [0.05, 0.1) is 0 Å². The second kappa shape index (κ2) is 3.64. The van der Waals surface area contributed by atoms with Gasteiger partial charge < -0.3 is 0 Å². The first-order valence-electron chi connectivity index (χ1n) is 4.91. The Balaban J connectivity index is 4.75. The SMILES string of the molecule is C=C(C)C(C)(CCC)C(C)(C)C. The lowest BCUT2D eigenvalue weighted by atomic mass is 9.62. The van der Waals surface area contributed by atoms with Crippen molar-refractivity contribution in [3.63, 3.8) is 0 Å². The fraction of sp³-hybridized carbons (Fsp3) is 0.833. The molecule has 0 saturated carbocycles. The topological polar surface area (TPSA) is 0 Å². The lowest BCUT2D eigenvalue weighted by molar-refractivity contribution is 0.140. The second-order valence-electron chi connectivity index (χ2n) is 5.11. The van der Waals surface area contributed by atoms with Crippen LogP contribution < -0.4 is 0 Å². The van der Waals surface area contributed by atoms with E-state index in [9.17, 15) is 0 Å². The molecule has 0 nitrogen and oxygen atoms in total. The van der Waals surface area contributed by atoms with Crippen LogP contribution in [0.15, 0.2) is 12.2 Å². The molecule has 0 aliphatic heterocycles. The van der Waals surface area contributed by atoms with Gasteiger partial charge in [-0.1, -0.05) is 53.2 Å². The van der Waals surface area contributed by atoms with Gasteiger partial charge in [0.15, 0.2) is 0 Å². The molecule has 0 aliphatic rings. The lowest BCUT2D eigenvalue weighted by Gasteiger charge is -2.43. The molecule has 72 valence electrons. The summed E-state index contributed by atoms with van der Waals surface area (Å²) in [5, 5.41) is 0. The van der Waals surface area contributed by atoms with E-state index in [1.54, 1.807) is 0 Å². The molecule has 1 atom stereocenters. The summed E-state index contributed by atoms with van der Waals surface area (Å²) in [4.78, 5) is 0. The minimum Gasteiger partial charge on any atom is -0.0996 e. The summed E-state index contributed by atoms with van der Waals surface area (Å²) >= 11 is 0. The van der Waals surface area contributed by atoms with Crippen LogP contribution in [0, 0.1) is 10.8 Å². The first kappa shape index (κ1) is 11.7. The van der Waals surface area contributed by atoms with E-state index in [-0.39, 0.29) is 0 Å². The molecule has 0 saturated heterocycles. The van der Waals surface area contributed by atoms with Crippen molar-refractivity contribution in [3.05, 3.63) is 12.2 Å². The number of rotatable bonds is 3. The fourth-order valence-electron chi connectivity index (χ4n) is 1.73. The molecule has 0 heteroatoms. The maximum absolute atomic E-state index is 4.11. The molecule has 0 fully saturated rings. The first-order valence-corrected chi connectivity index (χ1v) is 4.91. The van der Waals surface area contributed by atoms with Gasteiger partial charge in [-0.3, -0.25) is 0 Å². The third-order valence-corrected chi connectivity index (χ3v) is 3.35. The Morgan fingerprint density at radius 1 is 1.17 bits per heavy atom. The maximum Gasteiger partial charge on any atom is -0.00734 e. The van der Waals surface area contributed by atoms with Gasteiger partial charge in [0, 0.05) is 0 Å². The van der Waals surface area contributed by atoms with Crippen molar-refractivity contribution in [2.75, 3.05) is 0 Å². The van der Waals surface area contributed by atoms with Crippen molar-refractivity contribution in [2.45, 2.75) is 54.4 Å². The van der Waals surface area contributed by atoms with Gasteiger partial charge in [0.1, 0.15) is 0 Å². The van der Waals surface area contributed by atoms with Crippen molar-refractivity contribution in [1.82, 2.24) is 0 Å². The molecule has 0 bridgehead atoms. The highest BCUT2D eigenvalue weighted by molar-refractivity contribution is 5.10. The molecule has 0 N–H and O–H groups in total. The summed E-state index contributed by atoms with van der Waals surface area (Å²) in [7, 11) is 0. The molecular weight excluding hydrogens is 144 g/mol. The predicted octanol–water partition coefficient (Wildman–Crippen LogP) is 4.42. The van der Waals surface area contributed by atoms with Crippen molar-refractivity contribution >= 4 is 0 Å². The minimum absolute atomic E-state index is 0.293. The van der Waals surface area contributed by atoms with Crippen LogP contribution in [0.25, 0.3) is 0 Å². The van der Waals surface area contributed by atoms with Gasteiger partial charge >= 0.3 is 0 Å². The molecule has 12 heavy (non-hydrogen) atoms. The zero-order valence-electron chi connectivity index (χ0n) is 9.62. The van der Waals surface area contributed by atoms with Crippen molar-refractivity contribution in [1.29, 1.82) is 0 Å². The molecule has 0 heterocycles. The highest BCUT2D eigenvalue weighted by Crippen LogP contribution is 2.46. The largest absolute Gasteiger partial charge is 0.0996 e. The van der Waals surface area contributed by atoms with Crippen LogP contribution in [0.3, 0.4) is 0 Å². The molecule has 0 spiro atoms. The molecule has 0 aromatic heterocycles. The molecule has 0 aromatic rings. The maximum atomic E-state index is 4.11. The summed E-state index contributed by atoms with van der Waals surface area (Å²) in [6.07, 6.45) is 2.48. The van der Waals surface area contributed by atoms with E-state index in [4.69, 9.17) is 0 Å². The Hall–Kier alpha value is -0.260. The summed E-state index contributed by atoms with van der Waals surface area (Å²) in [6, 6.07) is 0. The number of hydrogen-bond acceptors (Lipinski definition) is 0. The van der Waals surface area contributed by atoms with Crippen molar-refractivity contribution in [3.8, 4) is 0 Å². The summed E-state index contributed by atoms with van der Waals surface area (Å²) in [5.41, 5.74) is 1.94. The van der Waals surface area contributed by atoms with E-state index in [1.807, 2.05) is 0 Å². The number of hydrogen-bond donors (Lipinski definition) is 0. The van der Waals surface area contributed by atoms with Gasteiger partial charge in [0.25, 0.3) is 0 Å². The Morgan fingerprint density at radius 2 is 1.58 bits per heavy atom. The zero-order chi connectivity index (χ0) is 9.99. The molecular formula is C12H24. The molecule has 0 radical (unpaired) electrons. The van der Waals surface area contributed by atoms with Crippen molar-refractivity contribution < 1.29 is 0 Å². The zero-order valence-corrected chi connectivity index (χ0v) is 9.62. The van der Waals surface area contributed by atoms with Crippen molar-refractivity contribution in [2.24, 2.45) is 10.8 Å². The monoisotopic (exact) mass is 168 g/mol. The molecule has 1 unspecified atom stereocenters. The standard InChI is InChI=1S/C12H24/c1-8-9-12(7,10(2)3)11(4,5)6/h2,8-9H2,1,3-7H3. The van der Waals surface area contributed by atoms with Crippen LogP contribution in [-0.2, 0) is 0 Å². The highest BCUT2D eigenvalue weighted by Gasteiger charge is 2.36. The molecule has 0 rings (SSSR count). The van der Waals surface area contributed by atoms with Crippen LogP contribution in [0.2, 0.25) is 0 Å². The molecule has 0 aliphatic carbocycles. The van der Waals surface area contributed by atoms with E-state index in [2.05, 4.69) is 48.1 Å². The van der Waals surface area contributed by atoms with Gasteiger partial charge in [-0.25, -0.2) is 0 Å². The predicted molar refractivity (Wildman–Crippen MR) is 57.3 cm³/mol. The normalized spacial score (nSPS) is 17.2. The number of allylic oxidation sites excluding steroid dienone is 1. The average molecular weight is 168 g/mol. The quantitative estimate of drug-likeness (QED) is 0.547. The molecule has 0 amide bonds. The van der Waals surface area contributed by atoms with Crippen LogP contribution in [0.1, 0.15) is 54.4 Å². The first-order chi connectivity index (χ1) is 5.25. The third-order valence-electron chi connectivity index (χ3n) is 3.35. The van der Waals surface area contributed by atoms with E-state index in [1.165, 1.54) is 18.4 Å². The van der Waals surface area contributed by atoms with E-state index >= 15 is 0 Å². The van der Waals surface area contributed by atoms with Gasteiger partial charge in [0.2, 0.25) is 0 Å². The summed E-state index contributed by atoms with van der Waals surface area (Å²) in [5.74, 6) is 0. The van der Waals surface area contributed by atoms with Gasteiger partial charge in [-0.05, 0) is 24.2 Å². The lowest BCUT2D eigenvalue weighted by Crippen LogP contribution is -2.33. The van der Waals surface area contributed by atoms with Gasteiger partial charge in [-0.15, -0.1) is 0 Å². The smallest absolute Gasteiger partial charge is 0.00734 e. The van der Waals surface area contributed by atoms with Gasteiger partial charge in [-0.2, -0.15) is 0 Å². The Bertz CT molecular complexity index is 159. The third kappa shape index (κ3) is 2.12. The summed E-state index contributed by atoms with van der Waals surface area (Å²) < 4.78 is 0. The minimum atomic E-state index is 0.293. The Morgan fingerprint density at radius 3 is 1.67 bits per heavy atom. The van der Waals surface area contributed by atoms with Crippen LogP contribution in [0.4, 0.5) is 0 Å². The fourth-order valence-corrected chi connectivity index (χ4v) is 1.73. The highest BCUT2D eigenvalue weighted by atomic mass is 14.4. The van der Waals surface area contributed by atoms with E-state index in [0.29, 0.717) is 10.8 Å². The van der Waals surface area contributed by atoms with E-state index in [0.717, 1.165) is 0 Å². The van der Waals surface area contributed by atoms with Crippen LogP contribution in [0.5, 0.6) is 0 Å². The average Bonchev–Trinajstić information content (AvgIpc) is 1.85. The van der Waals surface area contributed by atoms with E-state index < -0.39 is 0 Å². The van der Waals surface area contributed by atoms with Crippen LogP contribution >= 0.6 is 0 Å². The molecule has 0 aromatic carbocycles. The second-order valence-corrected chi connectivity index (χ2v) is 5.11. The Labute approximate surface area is 78.1 Å². The van der Waals surface area contributed by atoms with Crippen LogP contribution in [-0.4, -0.2) is 0 Å².